The normalized spacial score (nSPS) is 18.7. The summed E-state index contributed by atoms with van der Waals surface area (Å²) in [6, 6.07) is 7.90. The minimum Gasteiger partial charge on any atom is -0.454 e. The molecule has 25 heavy (non-hydrogen) atoms. The maximum Gasteiger partial charge on any atom is 0.231 e. The van der Waals surface area contributed by atoms with Crippen LogP contribution in [0.1, 0.15) is 42.4 Å². The van der Waals surface area contributed by atoms with Gasteiger partial charge >= 0.3 is 0 Å². The van der Waals surface area contributed by atoms with Crippen LogP contribution in [-0.4, -0.2) is 19.3 Å². The van der Waals surface area contributed by atoms with Crippen LogP contribution in [0.2, 0.25) is 0 Å². The van der Waals surface area contributed by atoms with E-state index in [-0.39, 0.29) is 18.8 Å². The first-order valence-electron chi connectivity index (χ1n) is 8.42. The monoisotopic (exact) mass is 359 g/mol. The standard InChI is InChI=1S/C19H21NO4S/c1-19(2,13-3-4-14-15(9-13)24-11-23-14)20-17(21)10-16-18-12(5-7-22-16)6-8-25-18/h3-4,6,8-9,16H,5,7,10-11H2,1-2H3,(H,20,21)/t16-/m0/s1. The molecule has 2 aliphatic heterocycles. The Labute approximate surface area is 150 Å². The van der Waals surface area contributed by atoms with Crippen molar-refractivity contribution in [1.29, 1.82) is 0 Å². The number of hydrogen-bond acceptors (Lipinski definition) is 5. The predicted molar refractivity (Wildman–Crippen MR) is 95.1 cm³/mol. The van der Waals surface area contributed by atoms with Crippen molar-refractivity contribution in [3.05, 3.63) is 45.6 Å². The van der Waals surface area contributed by atoms with Crippen molar-refractivity contribution < 1.29 is 19.0 Å². The largest absolute Gasteiger partial charge is 0.454 e. The Morgan fingerprint density at radius 2 is 2.12 bits per heavy atom. The van der Waals surface area contributed by atoms with Crippen molar-refractivity contribution in [2.24, 2.45) is 0 Å². The van der Waals surface area contributed by atoms with Crippen LogP contribution in [0.25, 0.3) is 0 Å². The molecule has 1 atom stereocenters. The van der Waals surface area contributed by atoms with E-state index in [1.807, 2.05) is 32.0 Å². The topological polar surface area (TPSA) is 56.8 Å². The molecule has 1 aromatic carbocycles. The van der Waals surface area contributed by atoms with Gasteiger partial charge in [0.2, 0.25) is 12.7 Å². The summed E-state index contributed by atoms with van der Waals surface area (Å²) in [4.78, 5) is 13.8. The molecule has 0 aliphatic carbocycles. The number of carbonyl (C=O) groups excluding carboxylic acids is 1. The van der Waals surface area contributed by atoms with Crippen molar-refractivity contribution in [3.63, 3.8) is 0 Å². The second-order valence-corrected chi connectivity index (χ2v) is 7.81. The van der Waals surface area contributed by atoms with E-state index in [9.17, 15) is 4.79 Å². The van der Waals surface area contributed by atoms with Crippen LogP contribution >= 0.6 is 11.3 Å². The minimum absolute atomic E-state index is 0.0195. The number of fused-ring (bicyclic) bond motifs is 2. The molecule has 2 aromatic rings. The molecule has 132 valence electrons. The van der Waals surface area contributed by atoms with Crippen LogP contribution in [-0.2, 0) is 21.5 Å². The third-order valence-electron chi connectivity index (χ3n) is 4.68. The number of thiophene rings is 1. The van der Waals surface area contributed by atoms with Crippen LogP contribution in [0, 0.1) is 0 Å². The summed E-state index contributed by atoms with van der Waals surface area (Å²) in [5.41, 5.74) is 1.78. The van der Waals surface area contributed by atoms with Gasteiger partial charge in [0.05, 0.1) is 18.6 Å². The molecule has 0 saturated heterocycles. The Bertz CT molecular complexity index is 798. The molecule has 4 rings (SSSR count). The highest BCUT2D eigenvalue weighted by atomic mass is 32.1. The smallest absolute Gasteiger partial charge is 0.231 e. The summed E-state index contributed by atoms with van der Waals surface area (Å²) in [7, 11) is 0. The van der Waals surface area contributed by atoms with Gasteiger partial charge in [-0.1, -0.05) is 6.07 Å². The Morgan fingerprint density at radius 3 is 3.00 bits per heavy atom. The second-order valence-electron chi connectivity index (χ2n) is 6.86. The molecule has 0 unspecified atom stereocenters. The lowest BCUT2D eigenvalue weighted by atomic mass is 9.93. The van der Waals surface area contributed by atoms with E-state index < -0.39 is 5.54 Å². The van der Waals surface area contributed by atoms with Gasteiger partial charge in [-0.05, 0) is 55.0 Å². The molecule has 2 aliphatic rings. The second kappa shape index (κ2) is 6.35. The number of ether oxygens (including phenoxy) is 3. The molecule has 1 aromatic heterocycles. The number of carbonyl (C=O) groups is 1. The molecule has 1 N–H and O–H groups in total. The van der Waals surface area contributed by atoms with Crippen molar-refractivity contribution in [2.75, 3.05) is 13.4 Å². The molecule has 0 radical (unpaired) electrons. The summed E-state index contributed by atoms with van der Waals surface area (Å²) in [5.74, 6) is 1.44. The quantitative estimate of drug-likeness (QED) is 0.907. The zero-order valence-corrected chi connectivity index (χ0v) is 15.2. The van der Waals surface area contributed by atoms with Crippen LogP contribution in [0.5, 0.6) is 11.5 Å². The van der Waals surface area contributed by atoms with Gasteiger partial charge in [0.15, 0.2) is 11.5 Å². The van der Waals surface area contributed by atoms with Gasteiger partial charge in [0, 0.05) is 4.88 Å². The molecular weight excluding hydrogens is 338 g/mol. The van der Waals surface area contributed by atoms with Crippen LogP contribution in [0.15, 0.2) is 29.6 Å². The first-order valence-corrected chi connectivity index (χ1v) is 9.30. The Hall–Kier alpha value is -2.05. The molecule has 1 amide bonds. The van der Waals surface area contributed by atoms with Gasteiger partial charge < -0.3 is 19.5 Å². The SMILES string of the molecule is CC(C)(NC(=O)C[C@@H]1OCCc2ccsc21)c1ccc2c(c1)OCO2. The molecule has 0 fully saturated rings. The van der Waals surface area contributed by atoms with Crippen molar-refractivity contribution >= 4 is 17.2 Å². The first kappa shape index (κ1) is 16.4. The Balaban J connectivity index is 1.45. The van der Waals surface area contributed by atoms with Gasteiger partial charge in [-0.2, -0.15) is 0 Å². The summed E-state index contributed by atoms with van der Waals surface area (Å²) >= 11 is 1.67. The van der Waals surface area contributed by atoms with Crippen LogP contribution < -0.4 is 14.8 Å². The van der Waals surface area contributed by atoms with E-state index in [0.29, 0.717) is 13.0 Å². The summed E-state index contributed by atoms with van der Waals surface area (Å²) in [5, 5.41) is 5.19. The fourth-order valence-electron chi connectivity index (χ4n) is 3.30. The number of hydrogen-bond donors (Lipinski definition) is 1. The fraction of sp³-hybridized carbons (Fsp3) is 0.421. The first-order chi connectivity index (χ1) is 12.0. The van der Waals surface area contributed by atoms with Gasteiger partial charge in [-0.3, -0.25) is 4.79 Å². The lowest BCUT2D eigenvalue weighted by Gasteiger charge is -2.29. The number of nitrogens with one attached hydrogen (secondary N) is 1. The molecule has 0 spiro atoms. The zero-order valence-electron chi connectivity index (χ0n) is 14.3. The van der Waals surface area contributed by atoms with E-state index in [2.05, 4.69) is 16.8 Å². The summed E-state index contributed by atoms with van der Waals surface area (Å²) in [6.45, 7) is 4.89. The highest BCUT2D eigenvalue weighted by Gasteiger charge is 2.29. The fourth-order valence-corrected chi connectivity index (χ4v) is 4.30. The molecule has 5 nitrogen and oxygen atoms in total. The molecule has 6 heteroatoms. The van der Waals surface area contributed by atoms with Crippen LogP contribution in [0.4, 0.5) is 0 Å². The lowest BCUT2D eigenvalue weighted by molar-refractivity contribution is -0.126. The number of rotatable bonds is 4. The van der Waals surface area contributed by atoms with E-state index >= 15 is 0 Å². The maximum absolute atomic E-state index is 12.6. The van der Waals surface area contributed by atoms with Crippen molar-refractivity contribution in [1.82, 2.24) is 5.32 Å². The van der Waals surface area contributed by atoms with Gasteiger partial charge in [0.25, 0.3) is 0 Å². The van der Waals surface area contributed by atoms with E-state index in [0.717, 1.165) is 23.5 Å². The Morgan fingerprint density at radius 1 is 1.28 bits per heavy atom. The lowest BCUT2D eigenvalue weighted by Crippen LogP contribution is -2.41. The third-order valence-corrected chi connectivity index (χ3v) is 5.73. The zero-order chi connectivity index (χ0) is 17.4. The average Bonchev–Trinajstić information content (AvgIpc) is 3.23. The molecule has 3 heterocycles. The molecule has 0 saturated carbocycles. The number of benzene rings is 1. The summed E-state index contributed by atoms with van der Waals surface area (Å²) in [6.07, 6.45) is 1.12. The third kappa shape index (κ3) is 3.24. The maximum atomic E-state index is 12.6. The summed E-state index contributed by atoms with van der Waals surface area (Å²) < 4.78 is 16.6. The van der Waals surface area contributed by atoms with E-state index in [1.165, 1.54) is 10.4 Å². The van der Waals surface area contributed by atoms with Gasteiger partial charge in [-0.25, -0.2) is 0 Å². The van der Waals surface area contributed by atoms with E-state index in [1.54, 1.807) is 11.3 Å². The highest BCUT2D eigenvalue weighted by molar-refractivity contribution is 7.10. The van der Waals surface area contributed by atoms with Crippen molar-refractivity contribution in [2.45, 2.75) is 38.3 Å². The number of amides is 1. The average molecular weight is 359 g/mol. The predicted octanol–water partition coefficient (Wildman–Crippen LogP) is 3.53. The minimum atomic E-state index is -0.509. The molecular formula is C19H21NO4S. The molecule has 0 bridgehead atoms. The van der Waals surface area contributed by atoms with Crippen LogP contribution in [0.3, 0.4) is 0 Å². The Kier molecular flexibility index (Phi) is 4.17. The van der Waals surface area contributed by atoms with E-state index in [4.69, 9.17) is 14.2 Å². The van der Waals surface area contributed by atoms with Gasteiger partial charge in [-0.15, -0.1) is 11.3 Å². The van der Waals surface area contributed by atoms with Crippen molar-refractivity contribution in [3.8, 4) is 11.5 Å². The highest BCUT2D eigenvalue weighted by Crippen LogP contribution is 2.36. The van der Waals surface area contributed by atoms with Gasteiger partial charge in [0.1, 0.15) is 6.10 Å².